The summed E-state index contributed by atoms with van der Waals surface area (Å²) in [6.07, 6.45) is 4.00. The normalized spacial score (nSPS) is 19.0. The number of carbonyl (C=O) groups is 4. The van der Waals surface area contributed by atoms with Gasteiger partial charge in [0, 0.05) is 39.5 Å². The van der Waals surface area contributed by atoms with Crippen LogP contribution in [0.1, 0.15) is 31.7 Å². The first-order valence-electron chi connectivity index (χ1n) is 13.0. The number of nitrogens with zero attached hydrogens (tertiary/aromatic N) is 3. The Morgan fingerprint density at radius 3 is 2.56 bits per heavy atom. The SMILES string of the molecule is COCCN1CC(=O)N[C@@H](C(=O)NCc2nccn2C)Cc2ccc(cc2)OCC(=O)N[C@@H](CC(C)C)C1=O. The third-order valence-corrected chi connectivity index (χ3v) is 6.28. The Morgan fingerprint density at radius 1 is 1.18 bits per heavy atom. The summed E-state index contributed by atoms with van der Waals surface area (Å²) < 4.78 is 12.6. The summed E-state index contributed by atoms with van der Waals surface area (Å²) in [5, 5.41) is 8.38. The molecule has 2 atom stereocenters. The molecule has 1 aromatic carbocycles. The fourth-order valence-electron chi connectivity index (χ4n) is 4.20. The number of fused-ring (bicyclic) bond motifs is 13. The monoisotopic (exact) mass is 542 g/mol. The minimum atomic E-state index is -0.900. The van der Waals surface area contributed by atoms with Crippen LogP contribution in [-0.4, -0.2) is 83.6 Å². The predicted molar refractivity (Wildman–Crippen MR) is 142 cm³/mol. The first-order valence-corrected chi connectivity index (χ1v) is 13.0. The summed E-state index contributed by atoms with van der Waals surface area (Å²) in [4.78, 5) is 58.1. The number of hydrogen-bond donors (Lipinski definition) is 3. The molecule has 3 N–H and O–H groups in total. The smallest absolute Gasteiger partial charge is 0.258 e. The van der Waals surface area contributed by atoms with Gasteiger partial charge in [-0.1, -0.05) is 26.0 Å². The fraction of sp³-hybridized carbons (Fsp3) is 0.519. The van der Waals surface area contributed by atoms with Crippen LogP contribution in [0.15, 0.2) is 36.7 Å². The van der Waals surface area contributed by atoms with Gasteiger partial charge >= 0.3 is 0 Å². The lowest BCUT2D eigenvalue weighted by Gasteiger charge is -2.29. The van der Waals surface area contributed by atoms with Crippen LogP contribution < -0.4 is 20.7 Å². The van der Waals surface area contributed by atoms with E-state index in [1.807, 2.05) is 20.9 Å². The summed E-state index contributed by atoms with van der Waals surface area (Å²) in [5.41, 5.74) is 0.778. The van der Waals surface area contributed by atoms with Gasteiger partial charge in [-0.25, -0.2) is 4.98 Å². The molecule has 4 rings (SSSR count). The number of aromatic nitrogens is 2. The third kappa shape index (κ3) is 9.10. The van der Waals surface area contributed by atoms with Crippen molar-refractivity contribution in [1.82, 2.24) is 30.4 Å². The van der Waals surface area contributed by atoms with E-state index in [0.717, 1.165) is 5.56 Å². The molecule has 0 aliphatic carbocycles. The lowest BCUT2D eigenvalue weighted by molar-refractivity contribution is -0.141. The van der Waals surface area contributed by atoms with E-state index in [9.17, 15) is 19.2 Å². The molecule has 0 saturated carbocycles. The van der Waals surface area contributed by atoms with E-state index in [-0.39, 0.29) is 51.1 Å². The van der Waals surface area contributed by atoms with Crippen molar-refractivity contribution in [3.05, 3.63) is 48.0 Å². The van der Waals surface area contributed by atoms with Crippen LogP contribution in [-0.2, 0) is 43.9 Å². The Labute approximate surface area is 228 Å². The number of ether oxygens (including phenoxy) is 2. The highest BCUT2D eigenvalue weighted by molar-refractivity contribution is 5.93. The molecule has 0 fully saturated rings. The molecule has 2 aromatic rings. The summed E-state index contributed by atoms with van der Waals surface area (Å²) in [6, 6.07) is 5.20. The third-order valence-electron chi connectivity index (χ3n) is 6.28. The summed E-state index contributed by atoms with van der Waals surface area (Å²) in [5.74, 6) is -0.497. The molecule has 39 heavy (non-hydrogen) atoms. The van der Waals surface area contributed by atoms with Gasteiger partial charge in [-0.2, -0.15) is 0 Å². The van der Waals surface area contributed by atoms with E-state index in [1.165, 1.54) is 12.0 Å². The second kappa shape index (κ2) is 14.3. The van der Waals surface area contributed by atoms with Crippen LogP contribution in [0.25, 0.3) is 0 Å². The zero-order valence-corrected chi connectivity index (χ0v) is 22.9. The van der Waals surface area contributed by atoms with Crippen molar-refractivity contribution in [2.75, 3.05) is 33.4 Å². The van der Waals surface area contributed by atoms with Gasteiger partial charge in [0.1, 0.15) is 23.7 Å². The number of nitrogens with one attached hydrogen (secondary N) is 3. The van der Waals surface area contributed by atoms with E-state index >= 15 is 0 Å². The highest BCUT2D eigenvalue weighted by atomic mass is 16.5. The minimum absolute atomic E-state index is 0.100. The van der Waals surface area contributed by atoms with E-state index in [1.54, 1.807) is 41.2 Å². The van der Waals surface area contributed by atoms with Gasteiger partial charge in [0.05, 0.1) is 19.7 Å². The van der Waals surface area contributed by atoms with Crippen molar-refractivity contribution in [3.63, 3.8) is 0 Å². The van der Waals surface area contributed by atoms with Crippen LogP contribution in [0.4, 0.5) is 0 Å². The average Bonchev–Trinajstić information content (AvgIpc) is 3.31. The number of methoxy groups -OCH3 is 1. The van der Waals surface area contributed by atoms with Crippen LogP contribution in [0.3, 0.4) is 0 Å². The van der Waals surface area contributed by atoms with Crippen molar-refractivity contribution in [2.45, 2.75) is 45.3 Å². The van der Waals surface area contributed by atoms with Crippen molar-refractivity contribution >= 4 is 23.6 Å². The standard InChI is InChI=1S/C27H38N6O6/c1-18(2)13-22-27(37)33(11-12-38-4)16-24(34)30-21(26(36)29-15-23-28-9-10-32(23)3)14-19-5-7-20(8-6-19)39-17-25(35)31-22/h5-10,18,21-22H,11-17H2,1-4H3,(H,29,36)(H,30,34)(H,31,35)/t21-,22+/m1/s1. The van der Waals surface area contributed by atoms with Gasteiger partial charge in [0.25, 0.3) is 5.91 Å². The molecule has 0 unspecified atom stereocenters. The Kier molecular flexibility index (Phi) is 10.9. The zero-order valence-electron chi connectivity index (χ0n) is 22.9. The van der Waals surface area contributed by atoms with Crippen molar-refractivity contribution in [3.8, 4) is 5.75 Å². The number of amides is 4. The lowest BCUT2D eigenvalue weighted by atomic mass is 10.0. The quantitative estimate of drug-likeness (QED) is 0.403. The maximum absolute atomic E-state index is 13.5. The largest absolute Gasteiger partial charge is 0.484 e. The Balaban J connectivity index is 1.87. The number of hydrogen-bond acceptors (Lipinski definition) is 7. The number of imidazole rings is 1. The molecule has 2 aliphatic heterocycles. The van der Waals surface area contributed by atoms with Gasteiger partial charge < -0.3 is 34.9 Å². The number of carbonyl (C=O) groups excluding carboxylic acids is 4. The van der Waals surface area contributed by atoms with E-state index < -0.39 is 29.8 Å². The first-order chi connectivity index (χ1) is 18.7. The Morgan fingerprint density at radius 2 is 1.92 bits per heavy atom. The number of benzene rings is 1. The van der Waals surface area contributed by atoms with Crippen molar-refractivity contribution in [2.24, 2.45) is 13.0 Å². The van der Waals surface area contributed by atoms with Crippen molar-refractivity contribution in [1.29, 1.82) is 0 Å². The van der Waals surface area contributed by atoms with Gasteiger partial charge in [0.2, 0.25) is 17.7 Å². The number of aryl methyl sites for hydroxylation is 1. The minimum Gasteiger partial charge on any atom is -0.484 e. The molecule has 2 bridgehead atoms. The van der Waals surface area contributed by atoms with E-state index in [4.69, 9.17) is 9.47 Å². The molecular formula is C27H38N6O6. The Hall–Kier alpha value is -3.93. The van der Waals surface area contributed by atoms with Gasteiger partial charge in [0.15, 0.2) is 6.61 Å². The molecular weight excluding hydrogens is 504 g/mol. The molecule has 0 spiro atoms. The predicted octanol–water partition coefficient (Wildman–Crippen LogP) is 0.162. The van der Waals surface area contributed by atoms with Gasteiger partial charge in [-0.3, -0.25) is 19.2 Å². The first kappa shape index (κ1) is 29.6. The van der Waals surface area contributed by atoms with Crippen LogP contribution in [0, 0.1) is 5.92 Å². The molecule has 1 aromatic heterocycles. The highest BCUT2D eigenvalue weighted by Crippen LogP contribution is 2.15. The molecule has 12 heteroatoms. The van der Waals surface area contributed by atoms with Crippen LogP contribution >= 0.6 is 0 Å². The molecule has 2 aliphatic rings. The maximum atomic E-state index is 13.5. The van der Waals surface area contributed by atoms with Crippen LogP contribution in [0.5, 0.6) is 5.75 Å². The molecule has 0 radical (unpaired) electrons. The average molecular weight is 543 g/mol. The number of rotatable bonds is 8. The zero-order chi connectivity index (χ0) is 28.4. The van der Waals surface area contributed by atoms with Gasteiger partial charge in [-0.15, -0.1) is 0 Å². The summed E-state index contributed by atoms with van der Waals surface area (Å²) in [6.45, 7) is 3.85. The van der Waals surface area contributed by atoms with Crippen molar-refractivity contribution < 1.29 is 28.7 Å². The molecule has 0 saturated heterocycles. The van der Waals surface area contributed by atoms with Crippen LogP contribution in [0.2, 0.25) is 0 Å². The van der Waals surface area contributed by atoms with E-state index in [0.29, 0.717) is 18.0 Å². The molecule has 12 nitrogen and oxygen atoms in total. The van der Waals surface area contributed by atoms with Gasteiger partial charge in [-0.05, 0) is 30.0 Å². The fourth-order valence-corrected chi connectivity index (χ4v) is 4.20. The topological polar surface area (TPSA) is 144 Å². The second-order valence-corrected chi connectivity index (χ2v) is 9.93. The molecule has 212 valence electrons. The molecule has 3 heterocycles. The second-order valence-electron chi connectivity index (χ2n) is 9.93. The highest BCUT2D eigenvalue weighted by Gasteiger charge is 2.30. The molecule has 4 amide bonds. The lowest BCUT2D eigenvalue weighted by Crippen LogP contribution is -2.55. The maximum Gasteiger partial charge on any atom is 0.258 e. The summed E-state index contributed by atoms with van der Waals surface area (Å²) in [7, 11) is 3.33. The van der Waals surface area contributed by atoms with E-state index in [2.05, 4.69) is 20.9 Å². The Bertz CT molecular complexity index is 1130. The summed E-state index contributed by atoms with van der Waals surface area (Å²) >= 11 is 0.